The highest BCUT2D eigenvalue weighted by atomic mass is 16.5. The van der Waals surface area contributed by atoms with Crippen molar-refractivity contribution in [3.63, 3.8) is 0 Å². The van der Waals surface area contributed by atoms with Gasteiger partial charge in [0.1, 0.15) is 5.60 Å². The Morgan fingerprint density at radius 3 is 3.29 bits per heavy atom. The van der Waals surface area contributed by atoms with E-state index in [1.54, 1.807) is 19.5 Å². The van der Waals surface area contributed by atoms with E-state index in [1.807, 2.05) is 0 Å². The lowest BCUT2D eigenvalue weighted by molar-refractivity contribution is -0.00630. The van der Waals surface area contributed by atoms with Crippen molar-refractivity contribution in [3.8, 4) is 0 Å². The number of nitrogens with one attached hydrogen (secondary N) is 2. The Hall–Kier alpha value is -1.07. The van der Waals surface area contributed by atoms with Gasteiger partial charge >= 0.3 is 0 Å². The van der Waals surface area contributed by atoms with Gasteiger partial charge in [0.2, 0.25) is 0 Å². The smallest absolute Gasteiger partial charge is 0.200 e. The van der Waals surface area contributed by atoms with Crippen LogP contribution in [-0.4, -0.2) is 42.4 Å². The number of hydrogen-bond donors (Lipinski definition) is 2. The number of anilines is 1. The van der Waals surface area contributed by atoms with Crippen LogP contribution in [0.4, 0.5) is 5.95 Å². The molecule has 1 unspecified atom stereocenters. The standard InChI is InChI=1S/C9H15N3O2/c1-13-9(2-5-14-7-9)6-12-8-10-3-4-11-8/h3-4H,2,5-7H2,1H3,(H2,10,11,12). The van der Waals surface area contributed by atoms with Gasteiger partial charge in [0, 0.05) is 39.1 Å². The Balaban J connectivity index is 1.89. The largest absolute Gasteiger partial charge is 0.378 e. The Bertz CT molecular complexity index is 268. The van der Waals surface area contributed by atoms with Gasteiger partial charge in [-0.05, 0) is 0 Å². The molecular formula is C9H15N3O2. The molecule has 0 bridgehead atoms. The number of aromatic nitrogens is 2. The number of aromatic amines is 1. The SMILES string of the molecule is COC1(CNc2ncc[nH]2)CCOC1. The maximum Gasteiger partial charge on any atom is 0.200 e. The molecule has 0 saturated carbocycles. The van der Waals surface area contributed by atoms with Crippen LogP contribution in [0.15, 0.2) is 12.4 Å². The van der Waals surface area contributed by atoms with Gasteiger partial charge in [-0.2, -0.15) is 0 Å². The highest BCUT2D eigenvalue weighted by Crippen LogP contribution is 2.22. The van der Waals surface area contributed by atoms with Crippen LogP contribution in [0.5, 0.6) is 0 Å². The molecule has 14 heavy (non-hydrogen) atoms. The van der Waals surface area contributed by atoms with Crippen LogP contribution in [0.2, 0.25) is 0 Å². The van der Waals surface area contributed by atoms with Crippen molar-refractivity contribution in [2.75, 3.05) is 32.2 Å². The van der Waals surface area contributed by atoms with Crippen molar-refractivity contribution in [1.29, 1.82) is 0 Å². The molecule has 2 rings (SSSR count). The monoisotopic (exact) mass is 197 g/mol. The molecule has 0 radical (unpaired) electrons. The maximum absolute atomic E-state index is 5.47. The van der Waals surface area contributed by atoms with E-state index >= 15 is 0 Å². The number of ether oxygens (including phenoxy) is 2. The first kappa shape index (κ1) is 9.48. The van der Waals surface area contributed by atoms with Gasteiger partial charge < -0.3 is 19.8 Å². The summed E-state index contributed by atoms with van der Waals surface area (Å²) >= 11 is 0. The van der Waals surface area contributed by atoms with Crippen molar-refractivity contribution in [3.05, 3.63) is 12.4 Å². The average Bonchev–Trinajstić information content (AvgIpc) is 2.87. The van der Waals surface area contributed by atoms with E-state index in [-0.39, 0.29) is 5.60 Å². The molecule has 78 valence electrons. The van der Waals surface area contributed by atoms with E-state index < -0.39 is 0 Å². The Morgan fingerprint density at radius 1 is 1.79 bits per heavy atom. The molecule has 1 fully saturated rings. The second-order valence-corrected chi connectivity index (χ2v) is 3.48. The minimum atomic E-state index is -0.188. The van der Waals surface area contributed by atoms with Crippen LogP contribution in [0.1, 0.15) is 6.42 Å². The predicted octanol–water partition coefficient (Wildman–Crippen LogP) is 0.627. The third-order valence-corrected chi connectivity index (χ3v) is 2.58. The van der Waals surface area contributed by atoms with Crippen molar-refractivity contribution in [2.45, 2.75) is 12.0 Å². The lowest BCUT2D eigenvalue weighted by atomic mass is 10.0. The van der Waals surface area contributed by atoms with Crippen LogP contribution < -0.4 is 5.32 Å². The molecule has 0 aliphatic carbocycles. The molecule has 5 heteroatoms. The zero-order chi connectivity index (χ0) is 9.86. The third kappa shape index (κ3) is 1.88. The van der Waals surface area contributed by atoms with Gasteiger partial charge in [0.25, 0.3) is 0 Å². The number of methoxy groups -OCH3 is 1. The summed E-state index contributed by atoms with van der Waals surface area (Å²) in [4.78, 5) is 7.06. The Labute approximate surface area is 82.8 Å². The summed E-state index contributed by atoms with van der Waals surface area (Å²) in [6.45, 7) is 2.14. The van der Waals surface area contributed by atoms with E-state index in [0.29, 0.717) is 6.61 Å². The molecule has 1 aliphatic rings. The normalized spacial score (nSPS) is 26.6. The number of rotatable bonds is 4. The lowest BCUT2D eigenvalue weighted by Crippen LogP contribution is -2.39. The second kappa shape index (κ2) is 3.98. The fourth-order valence-corrected chi connectivity index (χ4v) is 1.57. The fraction of sp³-hybridized carbons (Fsp3) is 0.667. The van der Waals surface area contributed by atoms with Crippen molar-refractivity contribution in [1.82, 2.24) is 9.97 Å². The summed E-state index contributed by atoms with van der Waals surface area (Å²) in [5.74, 6) is 0.772. The summed E-state index contributed by atoms with van der Waals surface area (Å²) in [5.41, 5.74) is -0.188. The van der Waals surface area contributed by atoms with Crippen LogP contribution in [0, 0.1) is 0 Å². The van der Waals surface area contributed by atoms with Crippen LogP contribution in [0.3, 0.4) is 0 Å². The summed E-state index contributed by atoms with van der Waals surface area (Å²) in [6, 6.07) is 0. The van der Waals surface area contributed by atoms with Gasteiger partial charge in [-0.1, -0.05) is 0 Å². The first-order valence-corrected chi connectivity index (χ1v) is 4.71. The van der Waals surface area contributed by atoms with Crippen molar-refractivity contribution in [2.24, 2.45) is 0 Å². The highest BCUT2D eigenvalue weighted by Gasteiger charge is 2.34. The van der Waals surface area contributed by atoms with Crippen LogP contribution >= 0.6 is 0 Å². The Kier molecular flexibility index (Phi) is 2.69. The molecule has 1 aliphatic heterocycles. The van der Waals surface area contributed by atoms with Gasteiger partial charge in [0.05, 0.1) is 6.61 Å². The first-order valence-electron chi connectivity index (χ1n) is 4.71. The molecule has 2 heterocycles. The van der Waals surface area contributed by atoms with E-state index in [9.17, 15) is 0 Å². The molecule has 0 spiro atoms. The molecule has 1 saturated heterocycles. The average molecular weight is 197 g/mol. The quantitative estimate of drug-likeness (QED) is 0.743. The number of H-pyrrole nitrogens is 1. The third-order valence-electron chi connectivity index (χ3n) is 2.58. The van der Waals surface area contributed by atoms with Gasteiger partial charge in [-0.3, -0.25) is 0 Å². The van der Waals surface area contributed by atoms with Crippen LogP contribution in [-0.2, 0) is 9.47 Å². The molecule has 1 aromatic heterocycles. The minimum Gasteiger partial charge on any atom is -0.378 e. The topological polar surface area (TPSA) is 59.2 Å². The summed E-state index contributed by atoms with van der Waals surface area (Å²) in [5, 5.41) is 3.19. The molecule has 0 amide bonds. The molecule has 0 aromatic carbocycles. The van der Waals surface area contributed by atoms with E-state index in [0.717, 1.165) is 25.5 Å². The minimum absolute atomic E-state index is 0.188. The zero-order valence-corrected chi connectivity index (χ0v) is 8.25. The number of nitrogens with zero attached hydrogens (tertiary/aromatic N) is 1. The lowest BCUT2D eigenvalue weighted by Gasteiger charge is -2.25. The van der Waals surface area contributed by atoms with Gasteiger partial charge in [0.15, 0.2) is 5.95 Å². The van der Waals surface area contributed by atoms with Gasteiger partial charge in [-0.15, -0.1) is 0 Å². The molecule has 2 N–H and O–H groups in total. The first-order chi connectivity index (χ1) is 6.85. The Morgan fingerprint density at radius 2 is 2.71 bits per heavy atom. The van der Waals surface area contributed by atoms with E-state index in [4.69, 9.17) is 9.47 Å². The van der Waals surface area contributed by atoms with Gasteiger partial charge in [-0.25, -0.2) is 4.98 Å². The number of hydrogen-bond acceptors (Lipinski definition) is 4. The van der Waals surface area contributed by atoms with E-state index in [2.05, 4.69) is 15.3 Å². The molecule has 5 nitrogen and oxygen atoms in total. The fourth-order valence-electron chi connectivity index (χ4n) is 1.57. The maximum atomic E-state index is 5.47. The molecule has 1 atom stereocenters. The highest BCUT2D eigenvalue weighted by molar-refractivity contribution is 5.24. The summed E-state index contributed by atoms with van der Waals surface area (Å²) in [7, 11) is 1.72. The predicted molar refractivity (Wildman–Crippen MR) is 52.3 cm³/mol. The summed E-state index contributed by atoms with van der Waals surface area (Å²) in [6.07, 6.45) is 4.43. The van der Waals surface area contributed by atoms with Crippen molar-refractivity contribution < 1.29 is 9.47 Å². The molecular weight excluding hydrogens is 182 g/mol. The number of imidazole rings is 1. The van der Waals surface area contributed by atoms with Crippen LogP contribution in [0.25, 0.3) is 0 Å². The second-order valence-electron chi connectivity index (χ2n) is 3.48. The summed E-state index contributed by atoms with van der Waals surface area (Å²) < 4.78 is 10.8. The van der Waals surface area contributed by atoms with E-state index in [1.165, 1.54) is 0 Å². The van der Waals surface area contributed by atoms with Crippen molar-refractivity contribution >= 4 is 5.95 Å². The zero-order valence-electron chi connectivity index (χ0n) is 8.25. The molecule has 1 aromatic rings.